The van der Waals surface area contributed by atoms with E-state index < -0.39 is 0 Å². The average Bonchev–Trinajstić information content (AvgIpc) is 3.28. The maximum atomic E-state index is 5.68. The van der Waals surface area contributed by atoms with Crippen LogP contribution in [0.15, 0.2) is 47.6 Å². The van der Waals surface area contributed by atoms with Crippen molar-refractivity contribution in [3.63, 3.8) is 0 Å². The molecule has 2 aliphatic heterocycles. The zero-order valence-electron chi connectivity index (χ0n) is 14.0. The van der Waals surface area contributed by atoms with Crippen LogP contribution in [0.3, 0.4) is 0 Å². The van der Waals surface area contributed by atoms with Crippen LogP contribution in [0.1, 0.15) is 10.9 Å². The first-order valence-corrected chi connectivity index (χ1v) is 9.13. The number of rotatable bonds is 3. The lowest BCUT2D eigenvalue weighted by atomic mass is 10.2. The van der Waals surface area contributed by atoms with Crippen LogP contribution in [0.4, 0.5) is 0 Å². The van der Waals surface area contributed by atoms with Crippen molar-refractivity contribution in [2.24, 2.45) is 0 Å². The van der Waals surface area contributed by atoms with Crippen LogP contribution < -0.4 is 19.6 Å². The molecule has 0 aliphatic carbocycles. The lowest BCUT2D eigenvalue weighted by molar-refractivity contribution is 0.171. The first-order chi connectivity index (χ1) is 12.8. The number of methoxy groups -OCH3 is 1. The summed E-state index contributed by atoms with van der Waals surface area (Å²) in [6.45, 7) is 1.13. The monoisotopic (exact) mass is 368 g/mol. The quantitative estimate of drug-likeness (QED) is 0.762. The molecule has 1 unspecified atom stereocenters. The van der Waals surface area contributed by atoms with Gasteiger partial charge in [-0.2, -0.15) is 0 Å². The molecular formula is C18H16N4O3S. The van der Waals surface area contributed by atoms with E-state index in [-0.39, 0.29) is 5.37 Å². The zero-order chi connectivity index (χ0) is 17.5. The predicted octanol–water partition coefficient (Wildman–Crippen LogP) is 3.07. The number of thioether (sulfide) groups is 1. The summed E-state index contributed by atoms with van der Waals surface area (Å²) in [5.41, 5.74) is 5.44. The molecule has 7 nitrogen and oxygen atoms in total. The molecule has 26 heavy (non-hydrogen) atoms. The number of fused-ring (bicyclic) bond motifs is 2. The molecule has 0 spiro atoms. The Morgan fingerprint density at radius 1 is 1.12 bits per heavy atom. The zero-order valence-corrected chi connectivity index (χ0v) is 14.8. The van der Waals surface area contributed by atoms with E-state index in [9.17, 15) is 0 Å². The minimum Gasteiger partial charge on any atom is -0.496 e. The van der Waals surface area contributed by atoms with Crippen LogP contribution in [0.5, 0.6) is 17.2 Å². The van der Waals surface area contributed by atoms with Crippen molar-refractivity contribution in [1.29, 1.82) is 0 Å². The smallest absolute Gasteiger partial charge is 0.212 e. The standard InChI is InChI=1S/C18H16N4O3S/c1-23-13-5-3-2-4-12(13)17-21-22-16(19-20-18(22)26-17)11-6-7-14-15(10-11)25-9-8-24-14/h2-7,10,17,21H,8-9H2,1H3. The van der Waals surface area contributed by atoms with Gasteiger partial charge in [0, 0.05) is 11.1 Å². The van der Waals surface area contributed by atoms with Gasteiger partial charge in [0.05, 0.1) is 7.11 Å². The summed E-state index contributed by atoms with van der Waals surface area (Å²) in [7, 11) is 1.68. The van der Waals surface area contributed by atoms with Gasteiger partial charge in [-0.25, -0.2) is 4.68 Å². The molecule has 0 bridgehead atoms. The Kier molecular flexibility index (Phi) is 3.63. The van der Waals surface area contributed by atoms with Gasteiger partial charge in [0.25, 0.3) is 0 Å². The minimum atomic E-state index is 0.00705. The van der Waals surface area contributed by atoms with Crippen molar-refractivity contribution < 1.29 is 14.2 Å². The topological polar surface area (TPSA) is 70.4 Å². The summed E-state index contributed by atoms with van der Waals surface area (Å²) < 4.78 is 18.7. The van der Waals surface area contributed by atoms with E-state index in [1.54, 1.807) is 18.9 Å². The SMILES string of the molecule is COc1ccccc1C1Nn2c(nnc2-c2ccc3c(c2)OCCO3)S1. The number of aromatic nitrogens is 3. The normalized spacial score (nSPS) is 17.5. The molecule has 1 N–H and O–H groups in total. The Morgan fingerprint density at radius 2 is 1.96 bits per heavy atom. The molecule has 132 valence electrons. The van der Waals surface area contributed by atoms with Gasteiger partial charge in [0.1, 0.15) is 24.3 Å². The predicted molar refractivity (Wildman–Crippen MR) is 97.4 cm³/mol. The van der Waals surface area contributed by atoms with Crippen LogP contribution in [0.25, 0.3) is 11.4 Å². The Labute approximate surface area is 154 Å². The van der Waals surface area contributed by atoms with Gasteiger partial charge in [0.2, 0.25) is 5.16 Å². The Morgan fingerprint density at radius 3 is 2.85 bits per heavy atom. The molecule has 2 aliphatic rings. The van der Waals surface area contributed by atoms with E-state index in [2.05, 4.69) is 15.6 Å². The Balaban J connectivity index is 1.48. The van der Waals surface area contributed by atoms with Gasteiger partial charge in [-0.3, -0.25) is 0 Å². The number of ether oxygens (including phenoxy) is 3. The summed E-state index contributed by atoms with van der Waals surface area (Å²) in [6, 6.07) is 13.8. The van der Waals surface area contributed by atoms with Gasteiger partial charge in [-0.1, -0.05) is 30.0 Å². The fourth-order valence-corrected chi connectivity index (χ4v) is 4.12. The van der Waals surface area contributed by atoms with Gasteiger partial charge in [0.15, 0.2) is 17.3 Å². The molecule has 3 aromatic rings. The first-order valence-electron chi connectivity index (χ1n) is 8.25. The van der Waals surface area contributed by atoms with Crippen molar-refractivity contribution in [3.05, 3.63) is 48.0 Å². The van der Waals surface area contributed by atoms with Crippen LogP contribution in [-0.2, 0) is 0 Å². The molecule has 2 aromatic carbocycles. The highest BCUT2D eigenvalue weighted by Crippen LogP contribution is 2.43. The number of hydrogen-bond acceptors (Lipinski definition) is 7. The molecule has 8 heteroatoms. The molecule has 1 aromatic heterocycles. The van der Waals surface area contributed by atoms with E-state index in [0.29, 0.717) is 13.2 Å². The van der Waals surface area contributed by atoms with Gasteiger partial charge >= 0.3 is 0 Å². The van der Waals surface area contributed by atoms with Crippen molar-refractivity contribution >= 4 is 11.8 Å². The second-order valence-electron chi connectivity index (χ2n) is 5.87. The summed E-state index contributed by atoms with van der Waals surface area (Å²) in [5.74, 6) is 3.08. The fraction of sp³-hybridized carbons (Fsp3) is 0.222. The van der Waals surface area contributed by atoms with Crippen LogP contribution >= 0.6 is 11.8 Å². The lowest BCUT2D eigenvalue weighted by Gasteiger charge is -2.19. The minimum absolute atomic E-state index is 0.00705. The fourth-order valence-electron chi connectivity index (χ4n) is 3.10. The van der Waals surface area contributed by atoms with Gasteiger partial charge in [-0.05, 0) is 24.3 Å². The molecule has 0 amide bonds. The molecule has 1 atom stereocenters. The Hall–Kier alpha value is -2.87. The van der Waals surface area contributed by atoms with Crippen LogP contribution in [-0.4, -0.2) is 35.2 Å². The summed E-state index contributed by atoms with van der Waals surface area (Å²) in [6.07, 6.45) is 0. The largest absolute Gasteiger partial charge is 0.496 e. The second-order valence-corrected chi connectivity index (χ2v) is 6.94. The molecule has 0 saturated carbocycles. The number of nitrogens with zero attached hydrogens (tertiary/aromatic N) is 3. The molecular weight excluding hydrogens is 352 g/mol. The summed E-state index contributed by atoms with van der Waals surface area (Å²) >= 11 is 1.61. The second kappa shape index (κ2) is 6.14. The first kappa shape index (κ1) is 15.4. The third-order valence-electron chi connectivity index (χ3n) is 4.32. The number of nitrogens with one attached hydrogen (secondary N) is 1. The van der Waals surface area contributed by atoms with Crippen molar-refractivity contribution in [1.82, 2.24) is 14.9 Å². The van der Waals surface area contributed by atoms with E-state index >= 15 is 0 Å². The van der Waals surface area contributed by atoms with Crippen molar-refractivity contribution in [2.75, 3.05) is 25.7 Å². The number of hydrogen-bond donors (Lipinski definition) is 1. The molecule has 0 fully saturated rings. The van der Waals surface area contributed by atoms with E-state index in [1.165, 1.54) is 0 Å². The average molecular weight is 368 g/mol. The molecule has 0 radical (unpaired) electrons. The van der Waals surface area contributed by atoms with E-state index in [4.69, 9.17) is 14.2 Å². The van der Waals surface area contributed by atoms with E-state index in [0.717, 1.165) is 39.4 Å². The van der Waals surface area contributed by atoms with Gasteiger partial charge < -0.3 is 19.6 Å². The summed E-state index contributed by atoms with van der Waals surface area (Å²) in [4.78, 5) is 0. The maximum absolute atomic E-state index is 5.68. The van der Waals surface area contributed by atoms with Crippen LogP contribution in [0.2, 0.25) is 0 Å². The molecule has 0 saturated heterocycles. The molecule has 5 rings (SSSR count). The maximum Gasteiger partial charge on any atom is 0.212 e. The van der Waals surface area contributed by atoms with Crippen molar-refractivity contribution in [2.45, 2.75) is 10.5 Å². The number of para-hydroxylation sites is 1. The molecule has 3 heterocycles. The third-order valence-corrected chi connectivity index (χ3v) is 5.39. The third kappa shape index (κ3) is 2.45. The van der Waals surface area contributed by atoms with Gasteiger partial charge in [-0.15, -0.1) is 10.2 Å². The highest BCUT2D eigenvalue weighted by molar-refractivity contribution is 7.99. The number of benzene rings is 2. The highest BCUT2D eigenvalue weighted by Gasteiger charge is 2.30. The van der Waals surface area contributed by atoms with E-state index in [1.807, 2.05) is 47.1 Å². The van der Waals surface area contributed by atoms with Crippen LogP contribution in [0, 0.1) is 0 Å². The summed E-state index contributed by atoms with van der Waals surface area (Å²) in [5, 5.41) is 9.46. The lowest BCUT2D eigenvalue weighted by Crippen LogP contribution is -2.16. The van der Waals surface area contributed by atoms with Crippen molar-refractivity contribution in [3.8, 4) is 28.6 Å². The highest BCUT2D eigenvalue weighted by atomic mass is 32.2. The Bertz CT molecular complexity index is 975.